The van der Waals surface area contributed by atoms with E-state index < -0.39 is 42.0 Å². The van der Waals surface area contributed by atoms with Crippen molar-refractivity contribution in [3.63, 3.8) is 0 Å². The van der Waals surface area contributed by atoms with Gasteiger partial charge in [0.15, 0.2) is 6.61 Å². The van der Waals surface area contributed by atoms with Crippen LogP contribution in [0, 0.1) is 5.82 Å². The molecule has 144 valence electrons. The number of anilines is 1. The SMILES string of the molecule is O=C(COC(=O)Cn1[nH]c(=O)c2ccccc2c1=O)Nc1ccc(Cl)cc1F. The minimum absolute atomic E-state index is 0.125. The first kappa shape index (κ1) is 19.3. The van der Waals surface area contributed by atoms with Crippen LogP contribution in [0.25, 0.3) is 10.8 Å². The highest BCUT2D eigenvalue weighted by Crippen LogP contribution is 2.18. The Balaban J connectivity index is 1.64. The number of amides is 1. The summed E-state index contributed by atoms with van der Waals surface area (Å²) in [7, 11) is 0. The highest BCUT2D eigenvalue weighted by Gasteiger charge is 2.13. The smallest absolute Gasteiger partial charge is 0.328 e. The minimum Gasteiger partial charge on any atom is -0.454 e. The second-order valence-corrected chi connectivity index (χ2v) is 6.15. The number of nitrogens with one attached hydrogen (secondary N) is 2. The number of rotatable bonds is 5. The fourth-order valence-corrected chi connectivity index (χ4v) is 2.61. The normalized spacial score (nSPS) is 10.6. The van der Waals surface area contributed by atoms with Crippen LogP contribution in [0.2, 0.25) is 5.02 Å². The van der Waals surface area contributed by atoms with Crippen molar-refractivity contribution in [3.8, 4) is 0 Å². The molecule has 1 amide bonds. The van der Waals surface area contributed by atoms with E-state index in [0.29, 0.717) is 0 Å². The van der Waals surface area contributed by atoms with Gasteiger partial charge in [0.2, 0.25) is 0 Å². The Morgan fingerprint density at radius 2 is 1.86 bits per heavy atom. The number of H-pyrrole nitrogens is 1. The number of aromatic amines is 1. The van der Waals surface area contributed by atoms with Gasteiger partial charge in [-0.3, -0.25) is 24.3 Å². The van der Waals surface area contributed by atoms with E-state index in [9.17, 15) is 23.6 Å². The summed E-state index contributed by atoms with van der Waals surface area (Å²) >= 11 is 5.62. The second kappa shape index (κ2) is 8.05. The van der Waals surface area contributed by atoms with E-state index in [2.05, 4.69) is 10.4 Å². The van der Waals surface area contributed by atoms with E-state index in [-0.39, 0.29) is 21.5 Å². The Bertz CT molecular complexity index is 1190. The molecule has 0 aliphatic carbocycles. The summed E-state index contributed by atoms with van der Waals surface area (Å²) in [5, 5.41) is 5.01. The third kappa shape index (κ3) is 4.26. The van der Waals surface area contributed by atoms with Gasteiger partial charge >= 0.3 is 5.97 Å². The van der Waals surface area contributed by atoms with Crippen LogP contribution in [-0.2, 0) is 20.9 Å². The second-order valence-electron chi connectivity index (χ2n) is 5.71. The molecule has 1 aromatic heterocycles. The highest BCUT2D eigenvalue weighted by molar-refractivity contribution is 6.30. The molecular weight excluding hydrogens is 393 g/mol. The Morgan fingerprint density at radius 3 is 2.57 bits per heavy atom. The predicted octanol–water partition coefficient (Wildman–Crippen LogP) is 1.66. The highest BCUT2D eigenvalue weighted by atomic mass is 35.5. The van der Waals surface area contributed by atoms with E-state index in [0.717, 1.165) is 10.7 Å². The molecule has 0 fully saturated rings. The lowest BCUT2D eigenvalue weighted by molar-refractivity contribution is -0.148. The van der Waals surface area contributed by atoms with Crippen molar-refractivity contribution in [2.24, 2.45) is 0 Å². The van der Waals surface area contributed by atoms with Gasteiger partial charge < -0.3 is 10.1 Å². The summed E-state index contributed by atoms with van der Waals surface area (Å²) in [5.41, 5.74) is -1.25. The van der Waals surface area contributed by atoms with Gasteiger partial charge in [-0.1, -0.05) is 23.7 Å². The first-order chi connectivity index (χ1) is 13.3. The molecule has 0 spiro atoms. The molecule has 0 bridgehead atoms. The number of carbonyl (C=O) groups excluding carboxylic acids is 2. The predicted molar refractivity (Wildman–Crippen MR) is 99.8 cm³/mol. The van der Waals surface area contributed by atoms with Gasteiger partial charge in [0.05, 0.1) is 16.5 Å². The van der Waals surface area contributed by atoms with Crippen molar-refractivity contribution in [3.05, 3.63) is 74.0 Å². The average molecular weight is 406 g/mol. The van der Waals surface area contributed by atoms with Crippen molar-refractivity contribution in [2.45, 2.75) is 6.54 Å². The molecule has 2 N–H and O–H groups in total. The van der Waals surface area contributed by atoms with Gasteiger partial charge in [-0.25, -0.2) is 9.07 Å². The summed E-state index contributed by atoms with van der Waals surface area (Å²) in [6.45, 7) is -1.30. The molecule has 3 aromatic rings. The fraction of sp³-hybridized carbons (Fsp3) is 0.111. The third-order valence-corrected chi connectivity index (χ3v) is 3.98. The standard InChI is InChI=1S/C18H13ClFN3O5/c19-10-5-6-14(13(20)7-10)21-15(24)9-28-16(25)8-23-18(27)12-4-2-1-3-11(12)17(26)22-23/h1-7H,8-9H2,(H,21,24)(H,22,26). The number of ether oxygens (including phenoxy) is 1. The number of halogens is 2. The van der Waals surface area contributed by atoms with Crippen molar-refractivity contribution in [1.29, 1.82) is 0 Å². The van der Waals surface area contributed by atoms with Crippen molar-refractivity contribution in [1.82, 2.24) is 9.78 Å². The molecule has 0 aliphatic heterocycles. The van der Waals surface area contributed by atoms with Crippen LogP contribution in [0.1, 0.15) is 0 Å². The number of fused-ring (bicyclic) bond motifs is 1. The largest absolute Gasteiger partial charge is 0.454 e. The van der Waals surface area contributed by atoms with Crippen LogP contribution >= 0.6 is 11.6 Å². The zero-order chi connectivity index (χ0) is 20.3. The average Bonchev–Trinajstić information content (AvgIpc) is 2.66. The Hall–Kier alpha value is -3.46. The zero-order valence-corrected chi connectivity index (χ0v) is 15.0. The maximum Gasteiger partial charge on any atom is 0.328 e. The number of carbonyl (C=O) groups is 2. The number of hydrogen-bond acceptors (Lipinski definition) is 5. The molecule has 2 aromatic carbocycles. The number of esters is 1. The minimum atomic E-state index is -0.931. The summed E-state index contributed by atoms with van der Waals surface area (Å²) in [5.74, 6) is -2.46. The van der Waals surface area contributed by atoms with Crippen LogP contribution in [0.5, 0.6) is 0 Å². The lowest BCUT2D eigenvalue weighted by atomic mass is 10.2. The van der Waals surface area contributed by atoms with E-state index in [1.807, 2.05) is 0 Å². The molecule has 8 nitrogen and oxygen atoms in total. The molecule has 0 saturated heterocycles. The van der Waals surface area contributed by atoms with Crippen LogP contribution in [0.15, 0.2) is 52.1 Å². The topological polar surface area (TPSA) is 110 Å². The van der Waals surface area contributed by atoms with E-state index >= 15 is 0 Å². The zero-order valence-electron chi connectivity index (χ0n) is 14.2. The maximum atomic E-state index is 13.6. The first-order valence-corrected chi connectivity index (χ1v) is 8.35. The number of benzene rings is 2. The van der Waals surface area contributed by atoms with Gasteiger partial charge in [-0.15, -0.1) is 0 Å². The molecule has 10 heteroatoms. The Morgan fingerprint density at radius 1 is 1.14 bits per heavy atom. The van der Waals surface area contributed by atoms with Gasteiger partial charge in [-0.05, 0) is 30.3 Å². The Labute approximate surface area is 161 Å². The molecular formula is C18H13ClFN3O5. The molecule has 3 rings (SSSR count). The van der Waals surface area contributed by atoms with Crippen LogP contribution in [0.3, 0.4) is 0 Å². The monoisotopic (exact) mass is 405 g/mol. The Kier molecular flexibility index (Phi) is 5.55. The molecule has 0 radical (unpaired) electrons. The quantitative estimate of drug-likeness (QED) is 0.627. The third-order valence-electron chi connectivity index (χ3n) is 3.74. The number of nitrogens with zero attached hydrogens (tertiary/aromatic N) is 1. The molecule has 0 saturated carbocycles. The fourth-order valence-electron chi connectivity index (χ4n) is 2.46. The van der Waals surface area contributed by atoms with Crippen LogP contribution < -0.4 is 16.4 Å². The molecule has 0 atom stereocenters. The summed E-state index contributed by atoms with van der Waals surface area (Å²) in [6.07, 6.45) is 0. The van der Waals surface area contributed by atoms with E-state index in [1.165, 1.54) is 24.3 Å². The van der Waals surface area contributed by atoms with Gasteiger partial charge in [0.25, 0.3) is 17.0 Å². The molecule has 0 aliphatic rings. The van der Waals surface area contributed by atoms with Crippen molar-refractivity contribution < 1.29 is 18.7 Å². The van der Waals surface area contributed by atoms with E-state index in [4.69, 9.17) is 16.3 Å². The lowest BCUT2D eigenvalue weighted by Crippen LogP contribution is -2.33. The summed E-state index contributed by atoms with van der Waals surface area (Å²) < 4.78 is 19.2. The van der Waals surface area contributed by atoms with Gasteiger partial charge in [0, 0.05) is 5.02 Å². The maximum absolute atomic E-state index is 13.6. The molecule has 28 heavy (non-hydrogen) atoms. The van der Waals surface area contributed by atoms with Crippen molar-refractivity contribution >= 4 is 39.9 Å². The van der Waals surface area contributed by atoms with E-state index in [1.54, 1.807) is 12.1 Å². The first-order valence-electron chi connectivity index (χ1n) is 7.97. The van der Waals surface area contributed by atoms with Crippen LogP contribution in [0.4, 0.5) is 10.1 Å². The number of aromatic nitrogens is 2. The van der Waals surface area contributed by atoms with Crippen molar-refractivity contribution in [2.75, 3.05) is 11.9 Å². The van der Waals surface area contributed by atoms with Gasteiger partial charge in [0.1, 0.15) is 12.4 Å². The number of hydrogen-bond donors (Lipinski definition) is 2. The van der Waals surface area contributed by atoms with Crippen LogP contribution in [-0.4, -0.2) is 28.3 Å². The van der Waals surface area contributed by atoms with Gasteiger partial charge in [-0.2, -0.15) is 0 Å². The lowest BCUT2D eigenvalue weighted by Gasteiger charge is -2.09. The summed E-state index contributed by atoms with van der Waals surface area (Å²) in [4.78, 5) is 48.0. The molecule has 0 unspecified atom stereocenters. The summed E-state index contributed by atoms with van der Waals surface area (Å²) in [6, 6.07) is 9.81. The molecule has 1 heterocycles.